The average Bonchev–Trinajstić information content (AvgIpc) is 2.63. The predicted molar refractivity (Wildman–Crippen MR) is 112 cm³/mol. The molecule has 1 atom stereocenters. The molecule has 1 aliphatic carbocycles. The van der Waals surface area contributed by atoms with E-state index in [0.717, 1.165) is 5.56 Å². The summed E-state index contributed by atoms with van der Waals surface area (Å²) < 4.78 is 14.6. The standard InChI is InChI=1S/C24H23ClFNO2/c1-14-17(25)8-6-10-19(14)27-20-12-24(2,3)13-21(28)23(20)16(11-22(27)29)15-7-4-5-9-18(15)26/h4-10,16H,11-13H2,1-3H3. The zero-order valence-corrected chi connectivity index (χ0v) is 17.5. The summed E-state index contributed by atoms with van der Waals surface area (Å²) in [6.07, 6.45) is 1.00. The van der Waals surface area contributed by atoms with Gasteiger partial charge < -0.3 is 0 Å². The van der Waals surface area contributed by atoms with Crippen LogP contribution in [0.3, 0.4) is 0 Å². The summed E-state index contributed by atoms with van der Waals surface area (Å²) in [4.78, 5) is 28.2. The molecule has 2 aromatic rings. The molecule has 2 aliphatic rings. The molecule has 0 aromatic heterocycles. The Bertz CT molecular complexity index is 1060. The largest absolute Gasteiger partial charge is 0.294 e. The van der Waals surface area contributed by atoms with Gasteiger partial charge in [-0.25, -0.2) is 4.39 Å². The molecule has 3 nitrogen and oxygen atoms in total. The normalized spacial score (nSPS) is 21.4. The molecule has 0 N–H and O–H groups in total. The lowest BCUT2D eigenvalue weighted by atomic mass is 9.69. The van der Waals surface area contributed by atoms with Crippen LogP contribution in [0.25, 0.3) is 0 Å². The Hall–Kier alpha value is -2.46. The topological polar surface area (TPSA) is 37.4 Å². The molecule has 1 amide bonds. The van der Waals surface area contributed by atoms with Gasteiger partial charge in [-0.1, -0.05) is 49.7 Å². The minimum Gasteiger partial charge on any atom is -0.294 e. The number of Topliss-reactive ketones (excluding diaryl/α,β-unsaturated/α-hetero) is 1. The first-order valence-electron chi connectivity index (χ1n) is 9.78. The molecule has 0 bridgehead atoms. The van der Waals surface area contributed by atoms with Crippen LogP contribution in [0.5, 0.6) is 0 Å². The van der Waals surface area contributed by atoms with Crippen LogP contribution in [0.4, 0.5) is 10.1 Å². The second-order valence-electron chi connectivity index (χ2n) is 8.69. The van der Waals surface area contributed by atoms with Crippen LogP contribution >= 0.6 is 11.6 Å². The van der Waals surface area contributed by atoms with Crippen molar-refractivity contribution in [1.82, 2.24) is 0 Å². The fourth-order valence-electron chi connectivity index (χ4n) is 4.56. The lowest BCUT2D eigenvalue weighted by Crippen LogP contribution is -2.44. The molecule has 2 aromatic carbocycles. The summed E-state index contributed by atoms with van der Waals surface area (Å²) in [5.41, 5.74) is 2.85. The monoisotopic (exact) mass is 411 g/mol. The van der Waals surface area contributed by atoms with E-state index in [4.69, 9.17) is 11.6 Å². The highest BCUT2D eigenvalue weighted by atomic mass is 35.5. The molecule has 0 saturated heterocycles. The maximum atomic E-state index is 14.6. The summed E-state index contributed by atoms with van der Waals surface area (Å²) in [6, 6.07) is 11.8. The number of amides is 1. The molecule has 0 saturated carbocycles. The molecule has 0 spiro atoms. The second kappa shape index (κ2) is 7.10. The van der Waals surface area contributed by atoms with Gasteiger partial charge in [-0.2, -0.15) is 0 Å². The van der Waals surface area contributed by atoms with Crippen LogP contribution in [-0.2, 0) is 9.59 Å². The van der Waals surface area contributed by atoms with Crippen molar-refractivity contribution in [3.63, 3.8) is 0 Å². The number of rotatable bonds is 2. The highest BCUT2D eigenvalue weighted by Crippen LogP contribution is 2.49. The molecular weight excluding hydrogens is 389 g/mol. The number of hydrogen-bond acceptors (Lipinski definition) is 2. The van der Waals surface area contributed by atoms with Gasteiger partial charge in [-0.05, 0) is 48.1 Å². The number of ketones is 1. The van der Waals surface area contributed by atoms with Gasteiger partial charge >= 0.3 is 0 Å². The van der Waals surface area contributed by atoms with E-state index in [0.29, 0.717) is 40.4 Å². The first-order valence-corrected chi connectivity index (χ1v) is 10.2. The molecule has 0 radical (unpaired) electrons. The summed E-state index contributed by atoms with van der Waals surface area (Å²) in [5.74, 6) is -1.10. The van der Waals surface area contributed by atoms with E-state index >= 15 is 0 Å². The quantitative estimate of drug-likeness (QED) is 0.612. The Kier molecular flexibility index (Phi) is 4.86. The van der Waals surface area contributed by atoms with Gasteiger partial charge in [0.05, 0.1) is 5.69 Å². The van der Waals surface area contributed by atoms with E-state index in [1.807, 2.05) is 26.8 Å². The van der Waals surface area contributed by atoms with Gasteiger partial charge in [0.2, 0.25) is 5.91 Å². The van der Waals surface area contributed by atoms with Crippen molar-refractivity contribution >= 4 is 29.0 Å². The van der Waals surface area contributed by atoms with Crippen LogP contribution in [-0.4, -0.2) is 11.7 Å². The van der Waals surface area contributed by atoms with Crippen molar-refractivity contribution in [2.75, 3.05) is 4.90 Å². The first-order chi connectivity index (χ1) is 13.7. The third-order valence-electron chi connectivity index (χ3n) is 5.90. The fraction of sp³-hybridized carbons (Fsp3) is 0.333. The van der Waals surface area contributed by atoms with E-state index in [-0.39, 0.29) is 29.3 Å². The minimum atomic E-state index is -0.557. The molecule has 0 fully saturated rings. The molecule has 1 unspecified atom stereocenters. The second-order valence-corrected chi connectivity index (χ2v) is 9.10. The van der Waals surface area contributed by atoms with E-state index in [2.05, 4.69) is 0 Å². The van der Waals surface area contributed by atoms with Gasteiger partial charge in [0, 0.05) is 35.1 Å². The van der Waals surface area contributed by atoms with Crippen molar-refractivity contribution in [2.45, 2.75) is 46.0 Å². The summed E-state index contributed by atoms with van der Waals surface area (Å²) >= 11 is 6.32. The van der Waals surface area contributed by atoms with Crippen LogP contribution in [0, 0.1) is 18.2 Å². The van der Waals surface area contributed by atoms with Gasteiger partial charge in [-0.15, -0.1) is 0 Å². The van der Waals surface area contributed by atoms with Crippen molar-refractivity contribution in [2.24, 2.45) is 5.41 Å². The average molecular weight is 412 g/mol. The number of anilines is 1. The van der Waals surface area contributed by atoms with E-state index in [1.54, 1.807) is 35.2 Å². The first kappa shape index (κ1) is 19.8. The van der Waals surface area contributed by atoms with Crippen LogP contribution in [0.2, 0.25) is 5.02 Å². The molecular formula is C24H23ClFNO2. The van der Waals surface area contributed by atoms with Crippen LogP contribution in [0.15, 0.2) is 53.7 Å². The van der Waals surface area contributed by atoms with Crippen LogP contribution < -0.4 is 4.90 Å². The Labute approximate surface area is 175 Å². The highest BCUT2D eigenvalue weighted by molar-refractivity contribution is 6.31. The van der Waals surface area contributed by atoms with Crippen molar-refractivity contribution in [3.05, 3.63) is 75.7 Å². The smallest absolute Gasteiger partial charge is 0.232 e. The Balaban J connectivity index is 1.96. The Morgan fingerprint density at radius 2 is 1.79 bits per heavy atom. The highest BCUT2D eigenvalue weighted by Gasteiger charge is 2.45. The summed E-state index contributed by atoms with van der Waals surface area (Å²) in [7, 11) is 0. The molecule has 4 rings (SSSR count). The van der Waals surface area contributed by atoms with Crippen LogP contribution in [0.1, 0.15) is 50.2 Å². The van der Waals surface area contributed by atoms with Gasteiger partial charge in [-0.3, -0.25) is 14.5 Å². The number of benzene rings is 2. The van der Waals surface area contributed by atoms with Crippen molar-refractivity contribution in [3.8, 4) is 0 Å². The zero-order valence-electron chi connectivity index (χ0n) is 16.8. The maximum absolute atomic E-state index is 14.6. The molecule has 1 aliphatic heterocycles. The number of nitrogens with zero attached hydrogens (tertiary/aromatic N) is 1. The zero-order chi connectivity index (χ0) is 20.9. The van der Waals surface area contributed by atoms with Gasteiger partial charge in [0.25, 0.3) is 0 Å². The third kappa shape index (κ3) is 3.40. The van der Waals surface area contributed by atoms with E-state index in [1.165, 1.54) is 6.07 Å². The molecule has 150 valence electrons. The lowest BCUT2D eigenvalue weighted by molar-refractivity contribution is -0.121. The maximum Gasteiger partial charge on any atom is 0.232 e. The van der Waals surface area contributed by atoms with Gasteiger partial charge in [0.15, 0.2) is 5.78 Å². The number of allylic oxidation sites excluding steroid dienone is 2. The third-order valence-corrected chi connectivity index (χ3v) is 6.31. The molecule has 1 heterocycles. The van der Waals surface area contributed by atoms with E-state index in [9.17, 15) is 14.0 Å². The SMILES string of the molecule is Cc1c(Cl)cccc1N1C(=O)CC(c2ccccc2F)C2=C1CC(C)(C)CC2=O. The predicted octanol–water partition coefficient (Wildman–Crippen LogP) is 5.95. The summed E-state index contributed by atoms with van der Waals surface area (Å²) in [6.45, 7) is 5.91. The molecule has 5 heteroatoms. The number of hydrogen-bond donors (Lipinski definition) is 0. The summed E-state index contributed by atoms with van der Waals surface area (Å²) in [5, 5.41) is 0.565. The fourth-order valence-corrected chi connectivity index (χ4v) is 4.73. The minimum absolute atomic E-state index is 0.0123. The Morgan fingerprint density at radius 1 is 1.07 bits per heavy atom. The number of carbonyl (C=O) groups is 2. The van der Waals surface area contributed by atoms with Gasteiger partial charge in [0.1, 0.15) is 5.82 Å². The van der Waals surface area contributed by atoms with Crippen molar-refractivity contribution in [1.29, 1.82) is 0 Å². The van der Waals surface area contributed by atoms with E-state index < -0.39 is 5.92 Å². The number of halogens is 2. The molecule has 29 heavy (non-hydrogen) atoms. The Morgan fingerprint density at radius 3 is 2.52 bits per heavy atom. The number of carbonyl (C=O) groups excluding carboxylic acids is 2. The lowest BCUT2D eigenvalue weighted by Gasteiger charge is -2.43. The van der Waals surface area contributed by atoms with Crippen molar-refractivity contribution < 1.29 is 14.0 Å².